The molecule has 0 aliphatic rings. The first-order valence-corrected chi connectivity index (χ1v) is 3.53. The molecule has 0 bridgehead atoms. The Kier molecular flexibility index (Phi) is 2.69. The second-order valence-corrected chi connectivity index (χ2v) is 2.14. The number of ether oxygens (including phenoxy) is 2. The zero-order valence-corrected chi connectivity index (χ0v) is 7.20. The van der Waals surface area contributed by atoms with Crippen molar-refractivity contribution in [1.82, 2.24) is 4.98 Å². The van der Waals surface area contributed by atoms with Gasteiger partial charge in [0.15, 0.2) is 11.5 Å². The molecule has 64 valence electrons. The molecule has 0 aliphatic carbocycles. The Morgan fingerprint density at radius 3 is 2.67 bits per heavy atom. The maximum absolute atomic E-state index is 5.10. The minimum absolute atomic E-state index is 0.620. The summed E-state index contributed by atoms with van der Waals surface area (Å²) < 4.78 is 10.2. The van der Waals surface area contributed by atoms with E-state index in [1.54, 1.807) is 32.6 Å². The van der Waals surface area contributed by atoms with E-state index >= 15 is 0 Å². The van der Waals surface area contributed by atoms with Crippen LogP contribution in [0.15, 0.2) is 18.8 Å². The van der Waals surface area contributed by atoms with Crippen molar-refractivity contribution in [3.63, 3.8) is 0 Å². The SMILES string of the molecule is C=Cc1nccc(OC)c1OC. The molecule has 0 saturated heterocycles. The highest BCUT2D eigenvalue weighted by Crippen LogP contribution is 2.29. The molecule has 0 radical (unpaired) electrons. The predicted octanol–water partition coefficient (Wildman–Crippen LogP) is 1.74. The van der Waals surface area contributed by atoms with Crippen LogP contribution in [0.3, 0.4) is 0 Å². The Bertz CT molecular complexity index is 284. The molecule has 1 heterocycles. The smallest absolute Gasteiger partial charge is 0.186 e. The predicted molar refractivity (Wildman–Crippen MR) is 47.4 cm³/mol. The van der Waals surface area contributed by atoms with Gasteiger partial charge in [-0.2, -0.15) is 0 Å². The average molecular weight is 165 g/mol. The summed E-state index contributed by atoms with van der Waals surface area (Å²) >= 11 is 0. The lowest BCUT2D eigenvalue weighted by Crippen LogP contribution is -1.94. The van der Waals surface area contributed by atoms with Crippen LogP contribution in [0.4, 0.5) is 0 Å². The number of rotatable bonds is 3. The fourth-order valence-electron chi connectivity index (χ4n) is 0.957. The number of pyridine rings is 1. The summed E-state index contributed by atoms with van der Waals surface area (Å²) in [6.07, 6.45) is 3.28. The van der Waals surface area contributed by atoms with Gasteiger partial charge < -0.3 is 9.47 Å². The third-order valence-electron chi connectivity index (χ3n) is 1.51. The normalized spacial score (nSPS) is 9.17. The molecule has 1 aromatic heterocycles. The van der Waals surface area contributed by atoms with E-state index in [1.807, 2.05) is 0 Å². The highest BCUT2D eigenvalue weighted by Gasteiger charge is 2.06. The molecule has 0 unspecified atom stereocenters. The minimum atomic E-state index is 0.620. The van der Waals surface area contributed by atoms with Crippen LogP contribution in [-0.4, -0.2) is 19.2 Å². The first-order valence-electron chi connectivity index (χ1n) is 3.53. The molecule has 0 aromatic carbocycles. The molecule has 0 saturated carbocycles. The summed E-state index contributed by atoms with van der Waals surface area (Å²) in [7, 11) is 3.16. The molecule has 1 aromatic rings. The second kappa shape index (κ2) is 3.76. The van der Waals surface area contributed by atoms with Gasteiger partial charge in [0.2, 0.25) is 0 Å². The van der Waals surface area contributed by atoms with Gasteiger partial charge >= 0.3 is 0 Å². The molecule has 0 fully saturated rings. The number of methoxy groups -OCH3 is 2. The number of hydrogen-bond donors (Lipinski definition) is 0. The van der Waals surface area contributed by atoms with E-state index in [9.17, 15) is 0 Å². The third-order valence-corrected chi connectivity index (χ3v) is 1.51. The highest BCUT2D eigenvalue weighted by molar-refractivity contribution is 5.56. The van der Waals surface area contributed by atoms with Gasteiger partial charge in [0.1, 0.15) is 5.69 Å². The lowest BCUT2D eigenvalue weighted by atomic mass is 10.3. The summed E-state index contributed by atoms with van der Waals surface area (Å²) in [5, 5.41) is 0. The van der Waals surface area contributed by atoms with Crippen LogP contribution < -0.4 is 9.47 Å². The van der Waals surface area contributed by atoms with Crippen LogP contribution in [0, 0.1) is 0 Å². The Hall–Kier alpha value is -1.51. The van der Waals surface area contributed by atoms with Crippen LogP contribution in [0.2, 0.25) is 0 Å². The van der Waals surface area contributed by atoms with Crippen LogP contribution in [-0.2, 0) is 0 Å². The molecule has 3 heteroatoms. The van der Waals surface area contributed by atoms with E-state index in [1.165, 1.54) is 0 Å². The molecular formula is C9H11NO2. The van der Waals surface area contributed by atoms with E-state index in [2.05, 4.69) is 11.6 Å². The summed E-state index contributed by atoms with van der Waals surface area (Å²) in [5.41, 5.74) is 0.692. The Balaban J connectivity index is 3.21. The van der Waals surface area contributed by atoms with Crippen molar-refractivity contribution in [2.24, 2.45) is 0 Å². The van der Waals surface area contributed by atoms with Crippen molar-refractivity contribution in [3.05, 3.63) is 24.5 Å². The zero-order valence-electron chi connectivity index (χ0n) is 7.20. The Morgan fingerprint density at radius 1 is 1.42 bits per heavy atom. The third kappa shape index (κ3) is 1.39. The van der Waals surface area contributed by atoms with Gasteiger partial charge in [-0.1, -0.05) is 6.58 Å². The summed E-state index contributed by atoms with van der Waals surface area (Å²) in [6, 6.07) is 1.74. The Labute approximate surface area is 71.6 Å². The Morgan fingerprint density at radius 2 is 2.17 bits per heavy atom. The van der Waals surface area contributed by atoms with Crippen LogP contribution in [0.5, 0.6) is 11.5 Å². The van der Waals surface area contributed by atoms with E-state index in [-0.39, 0.29) is 0 Å². The molecular weight excluding hydrogens is 154 g/mol. The van der Waals surface area contributed by atoms with Crippen molar-refractivity contribution < 1.29 is 9.47 Å². The van der Waals surface area contributed by atoms with E-state index in [0.717, 1.165) is 0 Å². The van der Waals surface area contributed by atoms with Crippen LogP contribution >= 0.6 is 0 Å². The number of nitrogens with zero attached hydrogens (tertiary/aromatic N) is 1. The average Bonchev–Trinajstić information content (AvgIpc) is 2.16. The van der Waals surface area contributed by atoms with Gasteiger partial charge in [-0.05, 0) is 6.08 Å². The molecule has 0 amide bonds. The molecule has 0 N–H and O–H groups in total. The summed E-state index contributed by atoms with van der Waals surface area (Å²) in [6.45, 7) is 3.62. The maximum atomic E-state index is 5.10. The van der Waals surface area contributed by atoms with Gasteiger partial charge in [-0.3, -0.25) is 4.98 Å². The standard InChI is InChI=1S/C9H11NO2/c1-4-7-9(12-3)8(11-2)5-6-10-7/h4-6H,1H2,2-3H3. The van der Waals surface area contributed by atoms with Crippen molar-refractivity contribution >= 4 is 6.08 Å². The topological polar surface area (TPSA) is 31.4 Å². The van der Waals surface area contributed by atoms with Crippen molar-refractivity contribution in [1.29, 1.82) is 0 Å². The number of hydrogen-bond acceptors (Lipinski definition) is 3. The fourth-order valence-corrected chi connectivity index (χ4v) is 0.957. The van der Waals surface area contributed by atoms with Crippen molar-refractivity contribution in [2.45, 2.75) is 0 Å². The fraction of sp³-hybridized carbons (Fsp3) is 0.222. The number of aromatic nitrogens is 1. The summed E-state index contributed by atoms with van der Waals surface area (Å²) in [4.78, 5) is 4.05. The highest BCUT2D eigenvalue weighted by atomic mass is 16.5. The second-order valence-electron chi connectivity index (χ2n) is 2.14. The quantitative estimate of drug-likeness (QED) is 0.683. The van der Waals surface area contributed by atoms with Gasteiger partial charge in [0, 0.05) is 12.3 Å². The first kappa shape index (κ1) is 8.59. The molecule has 12 heavy (non-hydrogen) atoms. The van der Waals surface area contributed by atoms with Crippen LogP contribution in [0.1, 0.15) is 5.69 Å². The molecule has 0 aliphatic heterocycles. The maximum Gasteiger partial charge on any atom is 0.186 e. The minimum Gasteiger partial charge on any atom is -0.493 e. The lowest BCUT2D eigenvalue weighted by Gasteiger charge is -2.08. The molecule has 0 atom stereocenters. The molecule has 1 rings (SSSR count). The monoisotopic (exact) mass is 165 g/mol. The molecule has 3 nitrogen and oxygen atoms in total. The lowest BCUT2D eigenvalue weighted by molar-refractivity contribution is 0.352. The first-order chi connectivity index (χ1) is 5.83. The van der Waals surface area contributed by atoms with Crippen molar-refractivity contribution in [2.75, 3.05) is 14.2 Å². The summed E-state index contributed by atoms with van der Waals surface area (Å²) in [5.74, 6) is 1.29. The molecule has 0 spiro atoms. The largest absolute Gasteiger partial charge is 0.493 e. The van der Waals surface area contributed by atoms with E-state index in [4.69, 9.17) is 9.47 Å². The van der Waals surface area contributed by atoms with Gasteiger partial charge in [0.05, 0.1) is 14.2 Å². The van der Waals surface area contributed by atoms with Crippen molar-refractivity contribution in [3.8, 4) is 11.5 Å². The van der Waals surface area contributed by atoms with Gasteiger partial charge in [0.25, 0.3) is 0 Å². The van der Waals surface area contributed by atoms with Gasteiger partial charge in [-0.25, -0.2) is 0 Å². The van der Waals surface area contributed by atoms with E-state index in [0.29, 0.717) is 17.2 Å². The van der Waals surface area contributed by atoms with E-state index < -0.39 is 0 Å². The zero-order chi connectivity index (χ0) is 8.97. The van der Waals surface area contributed by atoms with Crippen LogP contribution in [0.25, 0.3) is 6.08 Å². The van der Waals surface area contributed by atoms with Gasteiger partial charge in [-0.15, -0.1) is 0 Å².